The lowest BCUT2D eigenvalue weighted by molar-refractivity contribution is 0.100. The van der Waals surface area contributed by atoms with Gasteiger partial charge in [0.1, 0.15) is 10.8 Å². The molecule has 7 heteroatoms. The van der Waals surface area contributed by atoms with E-state index in [2.05, 4.69) is 10.6 Å². The Bertz CT molecular complexity index is 680. The van der Waals surface area contributed by atoms with Gasteiger partial charge in [0.25, 0.3) is 5.91 Å². The van der Waals surface area contributed by atoms with Gasteiger partial charge in [0, 0.05) is 10.6 Å². The Balaban J connectivity index is 2.08. The van der Waals surface area contributed by atoms with Crippen LogP contribution in [0.15, 0.2) is 30.3 Å². The number of thiophene rings is 1. The fourth-order valence-electron chi connectivity index (χ4n) is 1.83. The summed E-state index contributed by atoms with van der Waals surface area (Å²) in [6.45, 7) is 1.97. The van der Waals surface area contributed by atoms with Crippen LogP contribution in [-0.2, 0) is 6.42 Å². The first kappa shape index (κ1) is 15.8. The third kappa shape index (κ3) is 3.76. The van der Waals surface area contributed by atoms with E-state index in [1.165, 1.54) is 11.3 Å². The van der Waals surface area contributed by atoms with Crippen molar-refractivity contribution in [3.8, 4) is 5.75 Å². The minimum absolute atomic E-state index is 0.326. The second-order valence-corrected chi connectivity index (χ2v) is 5.62. The van der Waals surface area contributed by atoms with Gasteiger partial charge in [0.15, 0.2) is 0 Å². The number of hydrogen-bond acceptors (Lipinski definition) is 4. The lowest BCUT2D eigenvalue weighted by Gasteiger charge is -2.08. The molecule has 0 radical (unpaired) electrons. The van der Waals surface area contributed by atoms with Gasteiger partial charge in [0.2, 0.25) is 0 Å². The number of anilines is 2. The van der Waals surface area contributed by atoms with Crippen LogP contribution in [-0.4, -0.2) is 19.0 Å². The molecule has 2 rings (SSSR count). The maximum Gasteiger partial charge on any atom is 0.324 e. The zero-order valence-electron chi connectivity index (χ0n) is 12.3. The molecule has 0 aliphatic heterocycles. The van der Waals surface area contributed by atoms with E-state index in [4.69, 9.17) is 10.5 Å². The van der Waals surface area contributed by atoms with Crippen LogP contribution in [0.1, 0.15) is 22.2 Å². The number of aryl methyl sites for hydroxylation is 1. The molecule has 2 aromatic rings. The summed E-state index contributed by atoms with van der Waals surface area (Å²) in [6, 6.07) is 8.20. The summed E-state index contributed by atoms with van der Waals surface area (Å²) in [5.41, 5.74) is 6.27. The fraction of sp³-hybridized carbons (Fsp3) is 0.200. The van der Waals surface area contributed by atoms with Crippen LogP contribution in [0, 0.1) is 0 Å². The molecule has 0 aliphatic carbocycles. The van der Waals surface area contributed by atoms with E-state index in [-0.39, 0.29) is 0 Å². The molecule has 116 valence electrons. The normalized spacial score (nSPS) is 10.1. The Morgan fingerprint density at radius 3 is 2.45 bits per heavy atom. The van der Waals surface area contributed by atoms with Gasteiger partial charge in [-0.05, 0) is 36.8 Å². The van der Waals surface area contributed by atoms with Crippen molar-refractivity contribution in [1.29, 1.82) is 0 Å². The van der Waals surface area contributed by atoms with Crippen LogP contribution in [0.2, 0.25) is 0 Å². The molecule has 3 amide bonds. The number of nitrogens with one attached hydrogen (secondary N) is 2. The summed E-state index contributed by atoms with van der Waals surface area (Å²) < 4.78 is 5.05. The fourth-order valence-corrected chi connectivity index (χ4v) is 2.83. The Morgan fingerprint density at radius 2 is 1.91 bits per heavy atom. The van der Waals surface area contributed by atoms with Gasteiger partial charge >= 0.3 is 6.03 Å². The van der Waals surface area contributed by atoms with Crippen LogP contribution in [0.3, 0.4) is 0 Å². The largest absolute Gasteiger partial charge is 0.497 e. The molecule has 0 saturated carbocycles. The van der Waals surface area contributed by atoms with E-state index in [0.717, 1.165) is 11.3 Å². The number of ether oxygens (including phenoxy) is 1. The molecule has 0 fully saturated rings. The van der Waals surface area contributed by atoms with E-state index in [1.54, 1.807) is 37.4 Å². The Hall–Kier alpha value is -2.54. The third-order valence-corrected chi connectivity index (χ3v) is 4.17. The molecule has 1 aromatic carbocycles. The first-order valence-electron chi connectivity index (χ1n) is 6.68. The summed E-state index contributed by atoms with van der Waals surface area (Å²) in [7, 11) is 1.57. The highest BCUT2D eigenvalue weighted by atomic mass is 32.1. The average Bonchev–Trinajstić information content (AvgIpc) is 2.91. The highest BCUT2D eigenvalue weighted by molar-refractivity contribution is 7.16. The maximum absolute atomic E-state index is 12.0. The van der Waals surface area contributed by atoms with Crippen molar-refractivity contribution < 1.29 is 14.3 Å². The van der Waals surface area contributed by atoms with Crippen molar-refractivity contribution in [2.24, 2.45) is 5.73 Å². The van der Waals surface area contributed by atoms with E-state index >= 15 is 0 Å². The minimum Gasteiger partial charge on any atom is -0.497 e. The highest BCUT2D eigenvalue weighted by Crippen LogP contribution is 2.28. The smallest absolute Gasteiger partial charge is 0.324 e. The topological polar surface area (TPSA) is 93.5 Å². The lowest BCUT2D eigenvalue weighted by Crippen LogP contribution is -2.21. The van der Waals surface area contributed by atoms with Crippen molar-refractivity contribution in [3.63, 3.8) is 0 Å². The number of benzene rings is 1. The summed E-state index contributed by atoms with van der Waals surface area (Å²) in [4.78, 5) is 24.4. The lowest BCUT2D eigenvalue weighted by atomic mass is 10.2. The first-order valence-corrected chi connectivity index (χ1v) is 7.49. The zero-order chi connectivity index (χ0) is 16.1. The average molecular weight is 319 g/mol. The second-order valence-electron chi connectivity index (χ2n) is 4.48. The van der Waals surface area contributed by atoms with E-state index in [1.807, 2.05) is 6.92 Å². The predicted molar refractivity (Wildman–Crippen MR) is 87.9 cm³/mol. The standard InChI is InChI=1S/C15H17N3O3S/c1-3-11-8-12(13(16)19)14(22-11)18-15(20)17-9-4-6-10(21-2)7-5-9/h4-8H,3H2,1-2H3,(H2,16,19)(H2,17,18,20). The Labute approximate surface area is 132 Å². The van der Waals surface area contributed by atoms with Crippen LogP contribution in [0.4, 0.5) is 15.5 Å². The quantitative estimate of drug-likeness (QED) is 0.790. The Morgan fingerprint density at radius 1 is 1.23 bits per heavy atom. The van der Waals surface area contributed by atoms with Crippen molar-refractivity contribution in [1.82, 2.24) is 0 Å². The zero-order valence-corrected chi connectivity index (χ0v) is 13.1. The number of carbonyl (C=O) groups excluding carboxylic acids is 2. The molecule has 0 unspecified atom stereocenters. The summed E-state index contributed by atoms with van der Waals surface area (Å²) >= 11 is 1.34. The highest BCUT2D eigenvalue weighted by Gasteiger charge is 2.15. The number of carbonyl (C=O) groups is 2. The van der Waals surface area contributed by atoms with E-state index in [9.17, 15) is 9.59 Å². The third-order valence-electron chi connectivity index (χ3n) is 2.97. The van der Waals surface area contributed by atoms with Gasteiger partial charge in [0.05, 0.1) is 12.7 Å². The number of urea groups is 1. The molecule has 0 bridgehead atoms. The number of hydrogen-bond donors (Lipinski definition) is 3. The molecule has 1 aromatic heterocycles. The van der Waals surface area contributed by atoms with Crippen LogP contribution < -0.4 is 21.1 Å². The van der Waals surface area contributed by atoms with Crippen molar-refractivity contribution in [2.45, 2.75) is 13.3 Å². The number of methoxy groups -OCH3 is 1. The second kappa shape index (κ2) is 6.95. The SMILES string of the molecule is CCc1cc(C(N)=O)c(NC(=O)Nc2ccc(OC)cc2)s1. The van der Waals surface area contributed by atoms with Gasteiger partial charge < -0.3 is 15.8 Å². The minimum atomic E-state index is -0.560. The molecule has 0 spiro atoms. The molecular formula is C15H17N3O3S. The first-order chi connectivity index (χ1) is 10.5. The van der Waals surface area contributed by atoms with Crippen LogP contribution in [0.5, 0.6) is 5.75 Å². The molecule has 6 nitrogen and oxygen atoms in total. The summed E-state index contributed by atoms with van der Waals surface area (Å²) in [5, 5.41) is 5.80. The molecule has 0 aliphatic rings. The number of amides is 3. The van der Waals surface area contributed by atoms with Crippen molar-refractivity contribution >= 4 is 34.0 Å². The molecule has 0 atom stereocenters. The number of primary amides is 1. The van der Waals surface area contributed by atoms with Gasteiger partial charge in [-0.15, -0.1) is 11.3 Å². The molecular weight excluding hydrogens is 302 g/mol. The van der Waals surface area contributed by atoms with Crippen molar-refractivity contribution in [3.05, 3.63) is 40.8 Å². The number of nitrogens with two attached hydrogens (primary N) is 1. The van der Waals surface area contributed by atoms with E-state index in [0.29, 0.717) is 22.0 Å². The van der Waals surface area contributed by atoms with Crippen LogP contribution in [0.25, 0.3) is 0 Å². The van der Waals surface area contributed by atoms with Gasteiger partial charge in [-0.1, -0.05) is 6.92 Å². The molecule has 0 saturated heterocycles. The Kier molecular flexibility index (Phi) is 5.00. The van der Waals surface area contributed by atoms with Crippen molar-refractivity contribution in [2.75, 3.05) is 17.7 Å². The monoisotopic (exact) mass is 319 g/mol. The summed E-state index contributed by atoms with van der Waals surface area (Å²) in [6.07, 6.45) is 0.771. The van der Waals surface area contributed by atoms with Gasteiger partial charge in [-0.3, -0.25) is 10.1 Å². The van der Waals surface area contributed by atoms with E-state index < -0.39 is 11.9 Å². The van der Waals surface area contributed by atoms with Gasteiger partial charge in [-0.25, -0.2) is 4.79 Å². The summed E-state index contributed by atoms with van der Waals surface area (Å²) in [5.74, 6) is 0.142. The predicted octanol–water partition coefficient (Wildman–Crippen LogP) is 3.06. The number of rotatable bonds is 5. The molecule has 1 heterocycles. The van der Waals surface area contributed by atoms with Gasteiger partial charge in [-0.2, -0.15) is 0 Å². The molecule has 4 N–H and O–H groups in total. The molecule has 22 heavy (non-hydrogen) atoms. The maximum atomic E-state index is 12.0. The van der Waals surface area contributed by atoms with Crippen LogP contribution >= 0.6 is 11.3 Å².